The number of carbonyl (C=O) groups is 1. The van der Waals surface area contributed by atoms with E-state index in [1.807, 2.05) is 18.2 Å². The highest BCUT2D eigenvalue weighted by molar-refractivity contribution is 7.99. The summed E-state index contributed by atoms with van der Waals surface area (Å²) < 4.78 is 0. The van der Waals surface area contributed by atoms with Gasteiger partial charge in [-0.15, -0.1) is 11.8 Å². The second kappa shape index (κ2) is 6.00. The molecular formula is C10H12ClNO2S. The predicted octanol–water partition coefficient (Wildman–Crippen LogP) is 2.23. The fraction of sp³-hybridized carbons (Fsp3) is 0.300. The molecule has 1 aromatic rings. The maximum absolute atomic E-state index is 10.4. The molecular weight excluding hydrogens is 234 g/mol. The third kappa shape index (κ3) is 4.11. The summed E-state index contributed by atoms with van der Waals surface area (Å²) in [5, 5.41) is 9.26. The monoisotopic (exact) mass is 245 g/mol. The summed E-state index contributed by atoms with van der Waals surface area (Å²) in [5.41, 5.74) is 5.37. The Labute approximate surface area is 97.6 Å². The van der Waals surface area contributed by atoms with Crippen LogP contribution in [0.25, 0.3) is 0 Å². The van der Waals surface area contributed by atoms with E-state index in [-0.39, 0.29) is 0 Å². The van der Waals surface area contributed by atoms with Gasteiger partial charge in [0.1, 0.15) is 6.04 Å². The standard InChI is InChI=1S/C10H12ClNO2S/c11-7-3-1-2-4-9(7)15-6-5-8(12)10(13)14/h1-4,8H,5-6,12H2,(H,13,14). The Morgan fingerprint density at radius 3 is 2.80 bits per heavy atom. The zero-order valence-corrected chi connectivity index (χ0v) is 9.59. The van der Waals surface area contributed by atoms with E-state index in [9.17, 15) is 4.79 Å². The summed E-state index contributed by atoms with van der Waals surface area (Å²) in [6.45, 7) is 0. The summed E-state index contributed by atoms with van der Waals surface area (Å²) in [7, 11) is 0. The predicted molar refractivity (Wildman–Crippen MR) is 62.4 cm³/mol. The number of aliphatic carboxylic acids is 1. The van der Waals surface area contributed by atoms with Crippen molar-refractivity contribution in [3.63, 3.8) is 0 Å². The lowest BCUT2D eigenvalue weighted by Crippen LogP contribution is -2.30. The molecule has 0 amide bonds. The van der Waals surface area contributed by atoms with Gasteiger partial charge in [-0.25, -0.2) is 0 Å². The molecule has 15 heavy (non-hydrogen) atoms. The van der Waals surface area contributed by atoms with Crippen molar-refractivity contribution in [3.05, 3.63) is 29.3 Å². The van der Waals surface area contributed by atoms with Gasteiger partial charge in [0, 0.05) is 10.6 Å². The van der Waals surface area contributed by atoms with Crippen molar-refractivity contribution in [1.29, 1.82) is 0 Å². The van der Waals surface area contributed by atoms with Crippen molar-refractivity contribution in [2.24, 2.45) is 5.73 Å². The van der Waals surface area contributed by atoms with Gasteiger partial charge in [-0.05, 0) is 18.6 Å². The number of hydrogen-bond donors (Lipinski definition) is 2. The summed E-state index contributed by atoms with van der Waals surface area (Å²) in [5.74, 6) is -0.313. The van der Waals surface area contributed by atoms with Crippen LogP contribution in [0, 0.1) is 0 Å². The van der Waals surface area contributed by atoms with Crippen LogP contribution in [0.3, 0.4) is 0 Å². The van der Waals surface area contributed by atoms with E-state index in [2.05, 4.69) is 0 Å². The van der Waals surface area contributed by atoms with Gasteiger partial charge in [-0.3, -0.25) is 4.79 Å². The number of rotatable bonds is 5. The van der Waals surface area contributed by atoms with Crippen LogP contribution in [-0.4, -0.2) is 22.9 Å². The zero-order valence-electron chi connectivity index (χ0n) is 8.02. The molecule has 0 aliphatic heterocycles. The maximum Gasteiger partial charge on any atom is 0.320 e. The van der Waals surface area contributed by atoms with Crippen LogP contribution in [-0.2, 0) is 4.79 Å². The molecule has 0 fully saturated rings. The molecule has 82 valence electrons. The molecule has 1 aromatic carbocycles. The minimum Gasteiger partial charge on any atom is -0.480 e. The van der Waals surface area contributed by atoms with E-state index < -0.39 is 12.0 Å². The van der Waals surface area contributed by atoms with Gasteiger partial charge in [0.25, 0.3) is 0 Å². The molecule has 0 aliphatic carbocycles. The first-order valence-corrected chi connectivity index (χ1v) is 5.83. The molecule has 0 spiro atoms. The first-order valence-electron chi connectivity index (χ1n) is 4.47. The van der Waals surface area contributed by atoms with E-state index in [1.54, 1.807) is 6.07 Å². The molecule has 1 unspecified atom stereocenters. The molecule has 0 bridgehead atoms. The lowest BCUT2D eigenvalue weighted by molar-refractivity contribution is -0.138. The number of hydrogen-bond acceptors (Lipinski definition) is 3. The van der Waals surface area contributed by atoms with Gasteiger partial charge in [-0.1, -0.05) is 23.7 Å². The lowest BCUT2D eigenvalue weighted by Gasteiger charge is -2.06. The van der Waals surface area contributed by atoms with Crippen molar-refractivity contribution < 1.29 is 9.90 Å². The SMILES string of the molecule is NC(CCSc1ccccc1Cl)C(=O)O. The molecule has 0 saturated heterocycles. The van der Waals surface area contributed by atoms with Gasteiger partial charge in [0.15, 0.2) is 0 Å². The Hall–Kier alpha value is -0.710. The Morgan fingerprint density at radius 1 is 1.53 bits per heavy atom. The van der Waals surface area contributed by atoms with E-state index in [4.69, 9.17) is 22.4 Å². The zero-order chi connectivity index (χ0) is 11.3. The van der Waals surface area contributed by atoms with Gasteiger partial charge >= 0.3 is 5.97 Å². The van der Waals surface area contributed by atoms with Crippen LogP contribution in [0.2, 0.25) is 5.02 Å². The average molecular weight is 246 g/mol. The van der Waals surface area contributed by atoms with Crippen LogP contribution in [0.5, 0.6) is 0 Å². The molecule has 3 nitrogen and oxygen atoms in total. The molecule has 0 saturated carbocycles. The minimum absolute atomic E-state index is 0.436. The average Bonchev–Trinajstić information content (AvgIpc) is 2.20. The van der Waals surface area contributed by atoms with Crippen molar-refractivity contribution in [3.8, 4) is 0 Å². The van der Waals surface area contributed by atoms with Crippen molar-refractivity contribution in [1.82, 2.24) is 0 Å². The number of thioether (sulfide) groups is 1. The quantitative estimate of drug-likeness (QED) is 0.781. The van der Waals surface area contributed by atoms with E-state index >= 15 is 0 Å². The molecule has 0 radical (unpaired) electrons. The lowest BCUT2D eigenvalue weighted by atomic mass is 10.2. The summed E-state index contributed by atoms with van der Waals surface area (Å²) >= 11 is 7.45. The van der Waals surface area contributed by atoms with Crippen molar-refractivity contribution >= 4 is 29.3 Å². The number of nitrogens with two attached hydrogens (primary N) is 1. The fourth-order valence-electron chi connectivity index (χ4n) is 0.981. The maximum atomic E-state index is 10.4. The largest absolute Gasteiger partial charge is 0.480 e. The molecule has 1 rings (SSSR count). The van der Waals surface area contributed by atoms with Crippen molar-refractivity contribution in [2.45, 2.75) is 17.4 Å². The summed E-state index contributed by atoms with van der Waals surface area (Å²) in [4.78, 5) is 11.4. The van der Waals surface area contributed by atoms with Crippen LogP contribution < -0.4 is 5.73 Å². The van der Waals surface area contributed by atoms with Gasteiger partial charge in [0.05, 0.1) is 5.02 Å². The highest BCUT2D eigenvalue weighted by Gasteiger charge is 2.10. The molecule has 1 atom stereocenters. The number of carboxylic acids is 1. The van der Waals surface area contributed by atoms with Crippen LogP contribution in [0.4, 0.5) is 0 Å². The molecule has 0 aliphatic rings. The first-order chi connectivity index (χ1) is 7.11. The van der Waals surface area contributed by atoms with Gasteiger partial charge in [0.2, 0.25) is 0 Å². The van der Waals surface area contributed by atoms with Crippen LogP contribution in [0.1, 0.15) is 6.42 Å². The Balaban J connectivity index is 2.38. The van der Waals surface area contributed by atoms with E-state index in [1.165, 1.54) is 11.8 Å². The molecule has 0 heterocycles. The third-order valence-corrected chi connectivity index (χ3v) is 3.39. The number of benzene rings is 1. The van der Waals surface area contributed by atoms with Crippen LogP contribution >= 0.6 is 23.4 Å². The fourth-order valence-corrected chi connectivity index (χ4v) is 2.25. The van der Waals surface area contributed by atoms with Gasteiger partial charge < -0.3 is 10.8 Å². The highest BCUT2D eigenvalue weighted by Crippen LogP contribution is 2.26. The smallest absolute Gasteiger partial charge is 0.320 e. The number of carboxylic acid groups (broad SMARTS) is 1. The third-order valence-electron chi connectivity index (χ3n) is 1.84. The van der Waals surface area contributed by atoms with Crippen LogP contribution in [0.15, 0.2) is 29.2 Å². The topological polar surface area (TPSA) is 63.3 Å². The Morgan fingerprint density at radius 2 is 2.20 bits per heavy atom. The Kier molecular flexibility index (Phi) is 4.94. The minimum atomic E-state index is -0.963. The Bertz CT molecular complexity index is 346. The molecule has 5 heteroatoms. The van der Waals surface area contributed by atoms with Gasteiger partial charge in [-0.2, -0.15) is 0 Å². The first kappa shape index (κ1) is 12.4. The number of halogens is 1. The van der Waals surface area contributed by atoms with E-state index in [0.29, 0.717) is 17.2 Å². The summed E-state index contributed by atoms with van der Waals surface area (Å²) in [6.07, 6.45) is 0.436. The molecule has 3 N–H and O–H groups in total. The van der Waals surface area contributed by atoms with E-state index in [0.717, 1.165) is 4.90 Å². The molecule has 0 aromatic heterocycles. The normalized spacial score (nSPS) is 12.4. The second-order valence-electron chi connectivity index (χ2n) is 3.01. The van der Waals surface area contributed by atoms with Crippen molar-refractivity contribution in [2.75, 3.05) is 5.75 Å². The summed E-state index contributed by atoms with van der Waals surface area (Å²) in [6, 6.07) is 6.67. The highest BCUT2D eigenvalue weighted by atomic mass is 35.5. The second-order valence-corrected chi connectivity index (χ2v) is 4.56.